The van der Waals surface area contributed by atoms with Gasteiger partial charge in [-0.25, -0.2) is 0 Å². The number of carbonyl (C=O) groups excluding carboxylic acids is 1. The van der Waals surface area contributed by atoms with E-state index in [1.165, 1.54) is 19.1 Å². The molecule has 2 rings (SSSR count). The van der Waals surface area contributed by atoms with Crippen molar-refractivity contribution in [1.82, 2.24) is 0 Å². The fraction of sp³-hybridized carbons (Fsp3) is 0.125. The Bertz CT molecular complexity index is 813. The maximum atomic E-state index is 12.2. The first-order valence-corrected chi connectivity index (χ1v) is 9.29. The summed E-state index contributed by atoms with van der Waals surface area (Å²) in [5, 5.41) is 3.47. The van der Waals surface area contributed by atoms with Crippen LogP contribution in [0.1, 0.15) is 17.3 Å². The lowest BCUT2D eigenvalue weighted by molar-refractivity contribution is 0.106. The molecule has 0 saturated carbocycles. The van der Waals surface area contributed by atoms with Crippen LogP contribution in [-0.2, 0) is 14.4 Å². The Morgan fingerprint density at radius 1 is 1.04 bits per heavy atom. The molecule has 23 heavy (non-hydrogen) atoms. The molecule has 0 amide bonds. The molecule has 0 bridgehead atoms. The summed E-state index contributed by atoms with van der Waals surface area (Å²) in [7, 11) is -4.02. The number of nitrogens with zero attached hydrogens (tertiary/aromatic N) is 1. The van der Waals surface area contributed by atoms with Gasteiger partial charge < -0.3 is 0 Å². The van der Waals surface area contributed by atoms with Crippen molar-refractivity contribution in [3.05, 3.63) is 60.2 Å². The minimum absolute atomic E-state index is 0.0201. The number of hydrogen-bond acceptors (Lipinski definition) is 6. The van der Waals surface area contributed by atoms with Gasteiger partial charge in [-0.1, -0.05) is 23.4 Å². The molecule has 0 saturated heterocycles. The molecule has 7 heteroatoms. The van der Waals surface area contributed by atoms with Crippen LogP contribution in [0, 0.1) is 0 Å². The third kappa shape index (κ3) is 4.43. The van der Waals surface area contributed by atoms with Crippen LogP contribution in [0.15, 0.2) is 69.5 Å². The molecular formula is C16H15NO4S2. The normalized spacial score (nSPS) is 12.0. The van der Waals surface area contributed by atoms with Crippen LogP contribution in [0.2, 0.25) is 0 Å². The highest BCUT2D eigenvalue weighted by molar-refractivity contribution is 7.98. The van der Waals surface area contributed by atoms with E-state index in [2.05, 4.69) is 9.44 Å². The Labute approximate surface area is 139 Å². The lowest BCUT2D eigenvalue weighted by atomic mass is 10.1. The first kappa shape index (κ1) is 17.2. The lowest BCUT2D eigenvalue weighted by Crippen LogP contribution is -2.12. The SMILES string of the molecule is CSc1ccc(C(=O)/C(C)=N/OS(=O)(=O)c2ccccc2)cc1. The third-order valence-corrected chi connectivity index (χ3v) is 4.85. The van der Waals surface area contributed by atoms with Crippen molar-refractivity contribution in [2.24, 2.45) is 5.16 Å². The van der Waals surface area contributed by atoms with Gasteiger partial charge in [0.25, 0.3) is 0 Å². The maximum absolute atomic E-state index is 12.2. The maximum Gasteiger partial charge on any atom is 0.358 e. The van der Waals surface area contributed by atoms with E-state index in [1.54, 1.807) is 42.1 Å². The van der Waals surface area contributed by atoms with E-state index < -0.39 is 10.1 Å². The van der Waals surface area contributed by atoms with E-state index in [-0.39, 0.29) is 16.4 Å². The highest BCUT2D eigenvalue weighted by atomic mass is 32.2. The number of ketones is 1. The zero-order valence-corrected chi connectivity index (χ0v) is 14.2. The van der Waals surface area contributed by atoms with Gasteiger partial charge in [-0.15, -0.1) is 11.8 Å². The van der Waals surface area contributed by atoms with Crippen LogP contribution in [-0.4, -0.2) is 26.2 Å². The van der Waals surface area contributed by atoms with Crippen molar-refractivity contribution >= 4 is 33.4 Å². The molecule has 0 aliphatic heterocycles. The van der Waals surface area contributed by atoms with Gasteiger partial charge in [-0.05, 0) is 49.6 Å². The molecule has 0 radical (unpaired) electrons. The van der Waals surface area contributed by atoms with Crippen LogP contribution < -0.4 is 0 Å². The topological polar surface area (TPSA) is 72.8 Å². The summed E-state index contributed by atoms with van der Waals surface area (Å²) in [5.41, 5.74) is 0.381. The number of oxime groups is 1. The molecule has 0 unspecified atom stereocenters. The summed E-state index contributed by atoms with van der Waals surface area (Å²) < 4.78 is 28.5. The molecular weight excluding hydrogens is 334 g/mol. The summed E-state index contributed by atoms with van der Waals surface area (Å²) in [6, 6.07) is 14.6. The number of rotatable bonds is 6. The Hall–Kier alpha value is -2.12. The van der Waals surface area contributed by atoms with E-state index in [0.717, 1.165) is 4.90 Å². The van der Waals surface area contributed by atoms with E-state index in [1.807, 2.05) is 18.4 Å². The largest absolute Gasteiger partial charge is 0.358 e. The fourth-order valence-electron chi connectivity index (χ4n) is 1.73. The molecule has 0 spiro atoms. The van der Waals surface area contributed by atoms with E-state index in [0.29, 0.717) is 5.56 Å². The predicted octanol–water partition coefficient (Wildman–Crippen LogP) is 3.37. The Morgan fingerprint density at radius 3 is 2.22 bits per heavy atom. The molecule has 0 aliphatic rings. The standard InChI is InChI=1S/C16H15NO4S2/c1-12(16(18)13-8-10-14(22-2)11-9-13)17-21-23(19,20)15-6-4-3-5-7-15/h3-11H,1-2H3/b17-12+. The fourth-order valence-corrected chi connectivity index (χ4v) is 2.92. The number of Topliss-reactive ketones (excluding diaryl/α,β-unsaturated/α-hetero) is 1. The summed E-state index contributed by atoms with van der Waals surface area (Å²) in [6.45, 7) is 1.41. The van der Waals surface area contributed by atoms with Crippen molar-refractivity contribution in [1.29, 1.82) is 0 Å². The molecule has 120 valence electrons. The van der Waals surface area contributed by atoms with Crippen molar-refractivity contribution in [3.8, 4) is 0 Å². The average molecular weight is 349 g/mol. The highest BCUT2D eigenvalue weighted by Gasteiger charge is 2.17. The van der Waals surface area contributed by atoms with Crippen molar-refractivity contribution in [2.75, 3.05) is 6.26 Å². The van der Waals surface area contributed by atoms with Crippen LogP contribution in [0.25, 0.3) is 0 Å². The van der Waals surface area contributed by atoms with Crippen molar-refractivity contribution in [3.63, 3.8) is 0 Å². The molecule has 0 fully saturated rings. The Morgan fingerprint density at radius 2 is 1.65 bits per heavy atom. The van der Waals surface area contributed by atoms with Crippen molar-refractivity contribution in [2.45, 2.75) is 16.7 Å². The number of benzene rings is 2. The van der Waals surface area contributed by atoms with Crippen LogP contribution >= 0.6 is 11.8 Å². The van der Waals surface area contributed by atoms with Gasteiger partial charge in [0.2, 0.25) is 5.78 Å². The Kier molecular flexibility index (Phi) is 5.57. The molecule has 0 N–H and O–H groups in total. The highest BCUT2D eigenvalue weighted by Crippen LogP contribution is 2.16. The van der Waals surface area contributed by atoms with E-state index >= 15 is 0 Å². The van der Waals surface area contributed by atoms with Gasteiger partial charge in [-0.2, -0.15) is 8.42 Å². The number of carbonyl (C=O) groups is 1. The molecule has 0 aliphatic carbocycles. The molecule has 0 aromatic heterocycles. The molecule has 2 aromatic rings. The minimum atomic E-state index is -4.02. The second-order valence-corrected chi connectivity index (χ2v) is 6.98. The molecule has 0 atom stereocenters. The minimum Gasteiger partial charge on any atom is -0.287 e. The molecule has 0 heterocycles. The van der Waals surface area contributed by atoms with Crippen molar-refractivity contribution < 1.29 is 17.5 Å². The smallest absolute Gasteiger partial charge is 0.287 e. The number of hydrogen-bond donors (Lipinski definition) is 0. The summed E-state index contributed by atoms with van der Waals surface area (Å²) in [4.78, 5) is 13.2. The second kappa shape index (κ2) is 7.43. The van der Waals surface area contributed by atoms with Gasteiger partial charge in [0.1, 0.15) is 10.6 Å². The lowest BCUT2D eigenvalue weighted by Gasteiger charge is -2.03. The van der Waals surface area contributed by atoms with Crippen LogP contribution in [0.3, 0.4) is 0 Å². The monoisotopic (exact) mass is 349 g/mol. The zero-order valence-electron chi connectivity index (χ0n) is 12.6. The summed E-state index contributed by atoms with van der Waals surface area (Å²) in [5.74, 6) is -0.388. The van der Waals surface area contributed by atoms with E-state index in [4.69, 9.17) is 0 Å². The molecule has 5 nitrogen and oxygen atoms in total. The van der Waals surface area contributed by atoms with Crippen LogP contribution in [0.4, 0.5) is 0 Å². The average Bonchev–Trinajstić information content (AvgIpc) is 2.60. The van der Waals surface area contributed by atoms with Gasteiger partial charge in [0, 0.05) is 10.5 Å². The second-order valence-electron chi connectivity index (χ2n) is 4.58. The number of thioether (sulfide) groups is 1. The molecule has 2 aromatic carbocycles. The summed E-state index contributed by atoms with van der Waals surface area (Å²) in [6.07, 6.45) is 1.94. The van der Waals surface area contributed by atoms with E-state index in [9.17, 15) is 13.2 Å². The first-order chi connectivity index (χ1) is 10.9. The zero-order chi connectivity index (χ0) is 16.9. The van der Waals surface area contributed by atoms with Gasteiger partial charge in [0.05, 0.1) is 0 Å². The predicted molar refractivity (Wildman–Crippen MR) is 90.4 cm³/mol. The van der Waals surface area contributed by atoms with Gasteiger partial charge in [-0.3, -0.25) is 9.08 Å². The van der Waals surface area contributed by atoms with Gasteiger partial charge >= 0.3 is 10.1 Å². The first-order valence-electron chi connectivity index (χ1n) is 6.66. The summed E-state index contributed by atoms with van der Waals surface area (Å²) >= 11 is 1.56. The van der Waals surface area contributed by atoms with Crippen LogP contribution in [0.5, 0.6) is 0 Å². The Balaban J connectivity index is 2.14. The van der Waals surface area contributed by atoms with Gasteiger partial charge in [0.15, 0.2) is 0 Å². The third-order valence-electron chi connectivity index (χ3n) is 2.99. The quantitative estimate of drug-likeness (QED) is 0.346.